The second-order valence-corrected chi connectivity index (χ2v) is 6.22. The fourth-order valence-electron chi connectivity index (χ4n) is 2.32. The molecule has 0 spiro atoms. The molecule has 0 aliphatic carbocycles. The van der Waals surface area contributed by atoms with Crippen LogP contribution in [0, 0.1) is 0 Å². The molecule has 10 nitrogen and oxygen atoms in total. The van der Waals surface area contributed by atoms with Crippen LogP contribution in [0.25, 0.3) is 0 Å². The Bertz CT molecular complexity index is 965. The number of carboxylic acid groups (broad SMARTS) is 1. The summed E-state index contributed by atoms with van der Waals surface area (Å²) in [6.45, 7) is 0. The van der Waals surface area contributed by atoms with Crippen LogP contribution in [0.5, 0.6) is 23.0 Å². The van der Waals surface area contributed by atoms with Crippen molar-refractivity contribution < 1.29 is 49.4 Å². The number of hydrogen-bond acceptors (Lipinski definition) is 9. The zero-order valence-corrected chi connectivity index (χ0v) is 16.6. The molecule has 0 bridgehead atoms. The molecule has 0 atom stereocenters. The number of rotatable bonds is 8. The smallest absolute Gasteiger partial charge is 0.305 e. The molecular formula is C21H22O10. The van der Waals surface area contributed by atoms with Gasteiger partial charge in [0, 0.05) is 25.0 Å². The van der Waals surface area contributed by atoms with Gasteiger partial charge in [-0.2, -0.15) is 0 Å². The highest BCUT2D eigenvalue weighted by Crippen LogP contribution is 2.25. The number of aliphatic carboxylic acids is 1. The molecule has 5 N–H and O–H groups in total. The van der Waals surface area contributed by atoms with Gasteiger partial charge in [-0.15, -0.1) is 0 Å². The van der Waals surface area contributed by atoms with E-state index < -0.39 is 17.7 Å². The lowest BCUT2D eigenvalue weighted by atomic mass is 10.1. The first-order valence-electron chi connectivity index (χ1n) is 8.94. The Labute approximate surface area is 177 Å². The summed E-state index contributed by atoms with van der Waals surface area (Å²) < 4.78 is 4.39. The van der Waals surface area contributed by atoms with Gasteiger partial charge in [-0.1, -0.05) is 0 Å². The van der Waals surface area contributed by atoms with Gasteiger partial charge in [-0.25, -0.2) is 0 Å². The van der Waals surface area contributed by atoms with Crippen molar-refractivity contribution in [3.05, 3.63) is 47.5 Å². The molecule has 0 aliphatic heterocycles. The Kier molecular flexibility index (Phi) is 9.51. The first kappa shape index (κ1) is 25.0. The van der Waals surface area contributed by atoms with Gasteiger partial charge in [0.25, 0.3) is 0 Å². The maximum Gasteiger partial charge on any atom is 0.305 e. The Morgan fingerprint density at radius 2 is 1.13 bits per heavy atom. The molecule has 0 heterocycles. The zero-order valence-electron chi connectivity index (χ0n) is 16.6. The molecular weight excluding hydrogens is 412 g/mol. The van der Waals surface area contributed by atoms with Gasteiger partial charge in [0.1, 0.15) is 23.0 Å². The molecule has 0 radical (unpaired) electrons. The van der Waals surface area contributed by atoms with E-state index in [4.69, 9.17) is 15.3 Å². The van der Waals surface area contributed by atoms with Crippen molar-refractivity contribution in [1.82, 2.24) is 0 Å². The number of hydrogen-bond donors (Lipinski definition) is 5. The van der Waals surface area contributed by atoms with Crippen molar-refractivity contribution in [2.75, 3.05) is 7.11 Å². The number of methoxy groups -OCH3 is 1. The molecule has 0 aromatic heterocycles. The van der Waals surface area contributed by atoms with E-state index in [1.807, 2.05) is 0 Å². The number of carboxylic acids is 1. The normalized spacial score (nSPS) is 9.84. The summed E-state index contributed by atoms with van der Waals surface area (Å²) in [5.74, 6) is -3.30. The van der Waals surface area contributed by atoms with E-state index in [-0.39, 0.29) is 65.6 Å². The molecule has 0 fully saturated rings. The maximum absolute atomic E-state index is 11.5. The molecule has 0 aliphatic rings. The third-order valence-corrected chi connectivity index (χ3v) is 3.91. The monoisotopic (exact) mass is 434 g/mol. The SMILES string of the molecule is COC(=O)CCC(=O)c1ccc(O)cc1O.O=C(O)CCC(=O)c1ccc(O)cc1O. The van der Waals surface area contributed by atoms with E-state index >= 15 is 0 Å². The van der Waals surface area contributed by atoms with Gasteiger partial charge < -0.3 is 30.3 Å². The van der Waals surface area contributed by atoms with E-state index in [1.54, 1.807) is 0 Å². The number of ketones is 2. The molecule has 2 aromatic carbocycles. The highest BCUT2D eigenvalue weighted by atomic mass is 16.5. The minimum absolute atomic E-state index is 0.0223. The van der Waals surface area contributed by atoms with Crippen molar-refractivity contribution in [1.29, 1.82) is 0 Å². The number of phenolic OH excluding ortho intramolecular Hbond substituents is 4. The van der Waals surface area contributed by atoms with Gasteiger partial charge in [0.15, 0.2) is 11.6 Å². The minimum Gasteiger partial charge on any atom is -0.508 e. The average Bonchev–Trinajstić information content (AvgIpc) is 2.70. The van der Waals surface area contributed by atoms with Crippen LogP contribution in [0.15, 0.2) is 36.4 Å². The molecule has 0 unspecified atom stereocenters. The number of Topliss-reactive ketones (excluding diaryl/α,β-unsaturated/α-hetero) is 2. The van der Waals surface area contributed by atoms with Crippen LogP contribution >= 0.6 is 0 Å². The number of ether oxygens (including phenoxy) is 1. The van der Waals surface area contributed by atoms with Crippen molar-refractivity contribution >= 4 is 23.5 Å². The van der Waals surface area contributed by atoms with Gasteiger partial charge in [0.2, 0.25) is 0 Å². The topological polar surface area (TPSA) is 179 Å². The quantitative estimate of drug-likeness (QED) is 0.306. The van der Waals surface area contributed by atoms with E-state index in [9.17, 15) is 29.4 Å². The van der Waals surface area contributed by atoms with Crippen LogP contribution in [0.2, 0.25) is 0 Å². The molecule has 31 heavy (non-hydrogen) atoms. The summed E-state index contributed by atoms with van der Waals surface area (Å²) in [4.78, 5) is 44.0. The van der Waals surface area contributed by atoms with Crippen molar-refractivity contribution in [2.45, 2.75) is 25.7 Å². The molecule has 0 saturated heterocycles. The summed E-state index contributed by atoms with van der Waals surface area (Å²) in [5, 5.41) is 45.1. The fraction of sp³-hybridized carbons (Fsp3) is 0.238. The number of aromatic hydroxyl groups is 4. The van der Waals surface area contributed by atoms with Gasteiger partial charge >= 0.3 is 11.9 Å². The molecule has 0 saturated carbocycles. The highest BCUT2D eigenvalue weighted by Gasteiger charge is 2.14. The summed E-state index contributed by atoms with van der Waals surface area (Å²) in [5.41, 5.74) is 0.107. The summed E-state index contributed by atoms with van der Waals surface area (Å²) in [6.07, 6.45) is -0.520. The van der Waals surface area contributed by atoms with Crippen LogP contribution in [-0.2, 0) is 14.3 Å². The largest absolute Gasteiger partial charge is 0.508 e. The van der Waals surface area contributed by atoms with E-state index in [1.165, 1.54) is 31.4 Å². The predicted octanol–water partition coefficient (Wildman–Crippen LogP) is 2.38. The number of esters is 1. The number of carbonyl (C=O) groups is 4. The van der Waals surface area contributed by atoms with Crippen LogP contribution in [0.3, 0.4) is 0 Å². The molecule has 10 heteroatoms. The Morgan fingerprint density at radius 1 is 0.710 bits per heavy atom. The Morgan fingerprint density at radius 3 is 1.48 bits per heavy atom. The lowest BCUT2D eigenvalue weighted by Gasteiger charge is -2.03. The van der Waals surface area contributed by atoms with Crippen LogP contribution in [0.1, 0.15) is 46.4 Å². The van der Waals surface area contributed by atoms with Gasteiger partial charge in [-0.05, 0) is 24.3 Å². The maximum atomic E-state index is 11.5. The minimum atomic E-state index is -1.07. The fourth-order valence-corrected chi connectivity index (χ4v) is 2.32. The summed E-state index contributed by atoms with van der Waals surface area (Å²) in [6, 6.07) is 7.23. The first-order valence-corrected chi connectivity index (χ1v) is 8.94. The van der Waals surface area contributed by atoms with E-state index in [0.717, 1.165) is 12.1 Å². The third-order valence-electron chi connectivity index (χ3n) is 3.91. The van der Waals surface area contributed by atoms with E-state index in [0.29, 0.717) is 0 Å². The molecule has 166 valence electrons. The predicted molar refractivity (Wildman–Crippen MR) is 106 cm³/mol. The second kappa shape index (κ2) is 11.8. The highest BCUT2D eigenvalue weighted by molar-refractivity contribution is 6.00. The van der Waals surface area contributed by atoms with Crippen molar-refractivity contribution in [3.8, 4) is 23.0 Å². The second-order valence-electron chi connectivity index (χ2n) is 6.22. The third kappa shape index (κ3) is 8.44. The number of benzene rings is 2. The standard InChI is InChI=1S/C11H12O5.C10H10O5/c1-16-11(15)5-4-9(13)8-3-2-7(12)6-10(8)14;11-6-1-2-7(9(13)5-6)8(12)3-4-10(14)15/h2-3,6,12,14H,4-5H2,1H3;1-2,5,11,13H,3-4H2,(H,14,15). The first-order chi connectivity index (χ1) is 14.5. The Balaban J connectivity index is 0.000000311. The zero-order chi connectivity index (χ0) is 23.6. The van der Waals surface area contributed by atoms with E-state index in [2.05, 4.69) is 4.74 Å². The van der Waals surface area contributed by atoms with Gasteiger partial charge in [-0.3, -0.25) is 19.2 Å². The molecule has 0 amide bonds. The molecule has 2 rings (SSSR count). The van der Waals surface area contributed by atoms with Crippen molar-refractivity contribution in [3.63, 3.8) is 0 Å². The molecule has 2 aromatic rings. The van der Waals surface area contributed by atoms with Gasteiger partial charge in [0.05, 0.1) is 31.1 Å². The lowest BCUT2D eigenvalue weighted by Crippen LogP contribution is -2.06. The lowest BCUT2D eigenvalue weighted by molar-refractivity contribution is -0.140. The van der Waals surface area contributed by atoms with Crippen LogP contribution in [0.4, 0.5) is 0 Å². The Hall–Kier alpha value is -4.08. The number of carbonyl (C=O) groups excluding carboxylic acids is 3. The van der Waals surface area contributed by atoms with Crippen LogP contribution < -0.4 is 0 Å². The van der Waals surface area contributed by atoms with Crippen LogP contribution in [-0.4, -0.2) is 56.1 Å². The number of phenols is 4. The summed E-state index contributed by atoms with van der Waals surface area (Å²) in [7, 11) is 1.24. The average molecular weight is 434 g/mol. The van der Waals surface area contributed by atoms with Crippen molar-refractivity contribution in [2.24, 2.45) is 0 Å². The summed E-state index contributed by atoms with van der Waals surface area (Å²) >= 11 is 0.